The fourth-order valence-corrected chi connectivity index (χ4v) is 2.90. The highest BCUT2D eigenvalue weighted by Gasteiger charge is 2.26. The van der Waals surface area contributed by atoms with E-state index in [1.807, 2.05) is 6.07 Å². The number of rotatable bonds is 4. The third-order valence-corrected chi connectivity index (χ3v) is 4.93. The Morgan fingerprint density at radius 1 is 1.50 bits per heavy atom. The van der Waals surface area contributed by atoms with Gasteiger partial charge in [-0.3, -0.25) is 4.79 Å². The Labute approximate surface area is 132 Å². The predicted molar refractivity (Wildman–Crippen MR) is 82.9 cm³/mol. The van der Waals surface area contributed by atoms with Crippen molar-refractivity contribution >= 4 is 39.3 Å². The van der Waals surface area contributed by atoms with E-state index in [2.05, 4.69) is 26.2 Å². The Morgan fingerprint density at radius 3 is 2.80 bits per heavy atom. The van der Waals surface area contributed by atoms with Crippen molar-refractivity contribution in [1.82, 2.24) is 4.98 Å². The number of carbonyl (C=O) groups excluding carboxylic acids is 1. The van der Waals surface area contributed by atoms with E-state index in [-0.39, 0.29) is 11.9 Å². The van der Waals surface area contributed by atoms with E-state index in [0.29, 0.717) is 10.9 Å². The first-order valence-corrected chi connectivity index (χ1v) is 7.90. The minimum Gasteiger partial charge on any atom is -0.469 e. The molecule has 0 atom stereocenters. The summed E-state index contributed by atoms with van der Waals surface area (Å²) in [4.78, 5) is 15.7. The first kappa shape index (κ1) is 15.6. The normalized spacial score (nSPS) is 22.4. The average molecular weight is 362 g/mol. The van der Waals surface area contributed by atoms with Gasteiger partial charge in [0, 0.05) is 18.8 Å². The molecule has 1 N–H and O–H groups in total. The monoisotopic (exact) mass is 360 g/mol. The summed E-state index contributed by atoms with van der Waals surface area (Å²) < 4.78 is 5.59. The van der Waals surface area contributed by atoms with Crippen molar-refractivity contribution in [3.63, 3.8) is 0 Å². The molecule has 1 fully saturated rings. The van der Waals surface area contributed by atoms with Crippen molar-refractivity contribution in [2.45, 2.75) is 25.7 Å². The molecule has 0 aliphatic heterocycles. The SMILES string of the molecule is COC(=O)C1CCC(CNc2cc(Cl)c(Br)cn2)CC1. The third-order valence-electron chi connectivity index (χ3n) is 3.76. The van der Waals surface area contributed by atoms with Gasteiger partial charge in [0.25, 0.3) is 0 Å². The van der Waals surface area contributed by atoms with Crippen LogP contribution in [0.1, 0.15) is 25.7 Å². The second kappa shape index (κ2) is 7.27. The lowest BCUT2D eigenvalue weighted by molar-refractivity contribution is -0.146. The molecule has 1 aromatic heterocycles. The summed E-state index contributed by atoms with van der Waals surface area (Å²) in [7, 11) is 1.46. The highest BCUT2D eigenvalue weighted by Crippen LogP contribution is 2.30. The van der Waals surface area contributed by atoms with Gasteiger partial charge in [0.15, 0.2) is 0 Å². The molecule has 0 bridgehead atoms. The molecule has 0 spiro atoms. The molecule has 1 aliphatic rings. The van der Waals surface area contributed by atoms with Crippen molar-refractivity contribution < 1.29 is 9.53 Å². The number of hydrogen-bond acceptors (Lipinski definition) is 4. The fraction of sp³-hybridized carbons (Fsp3) is 0.571. The molecular weight excluding hydrogens is 344 g/mol. The van der Waals surface area contributed by atoms with Gasteiger partial charge in [0.2, 0.25) is 0 Å². The molecule has 4 nitrogen and oxygen atoms in total. The zero-order valence-corrected chi connectivity index (χ0v) is 13.7. The van der Waals surface area contributed by atoms with Gasteiger partial charge in [0.1, 0.15) is 5.82 Å². The predicted octanol–water partition coefficient (Wildman–Crippen LogP) is 3.89. The van der Waals surface area contributed by atoms with Gasteiger partial charge in [-0.05, 0) is 47.5 Å². The first-order chi connectivity index (χ1) is 9.60. The van der Waals surface area contributed by atoms with Crippen LogP contribution in [0.5, 0.6) is 0 Å². The molecule has 1 saturated carbocycles. The minimum absolute atomic E-state index is 0.0715. The van der Waals surface area contributed by atoms with E-state index in [1.54, 1.807) is 6.20 Å². The van der Waals surface area contributed by atoms with E-state index in [4.69, 9.17) is 16.3 Å². The minimum atomic E-state index is -0.0715. The van der Waals surface area contributed by atoms with Gasteiger partial charge >= 0.3 is 5.97 Å². The number of aromatic nitrogens is 1. The number of halogens is 2. The molecule has 0 aromatic carbocycles. The zero-order chi connectivity index (χ0) is 14.5. The molecule has 1 heterocycles. The summed E-state index contributed by atoms with van der Waals surface area (Å²) in [5.41, 5.74) is 0. The maximum absolute atomic E-state index is 11.5. The van der Waals surface area contributed by atoms with Crippen LogP contribution in [0.25, 0.3) is 0 Å². The van der Waals surface area contributed by atoms with E-state index >= 15 is 0 Å². The fourth-order valence-electron chi connectivity index (χ4n) is 2.53. The Balaban J connectivity index is 1.78. The second-order valence-corrected chi connectivity index (χ2v) is 6.37. The largest absolute Gasteiger partial charge is 0.469 e. The molecule has 0 unspecified atom stereocenters. The first-order valence-electron chi connectivity index (χ1n) is 6.73. The number of hydrogen-bond donors (Lipinski definition) is 1. The van der Waals surface area contributed by atoms with Gasteiger partial charge in [-0.25, -0.2) is 4.98 Å². The highest BCUT2D eigenvalue weighted by atomic mass is 79.9. The molecule has 0 amide bonds. The van der Waals surface area contributed by atoms with Crippen LogP contribution in [-0.2, 0) is 9.53 Å². The van der Waals surface area contributed by atoms with Crippen LogP contribution in [0.2, 0.25) is 5.02 Å². The van der Waals surface area contributed by atoms with Gasteiger partial charge in [-0.2, -0.15) is 0 Å². The Kier molecular flexibility index (Phi) is 5.66. The van der Waals surface area contributed by atoms with Crippen molar-refractivity contribution in [3.8, 4) is 0 Å². The standard InChI is InChI=1S/C14H18BrClN2O2/c1-20-14(19)10-4-2-9(3-5-10)7-17-13-6-12(16)11(15)8-18-13/h6,8-10H,2-5,7H2,1H3,(H,17,18). The Hall–Kier alpha value is -0.810. The summed E-state index contributed by atoms with van der Waals surface area (Å²) in [5, 5.41) is 3.96. The van der Waals surface area contributed by atoms with E-state index in [9.17, 15) is 4.79 Å². The number of nitrogens with one attached hydrogen (secondary N) is 1. The quantitative estimate of drug-likeness (QED) is 0.827. The maximum Gasteiger partial charge on any atom is 0.308 e. The second-order valence-electron chi connectivity index (χ2n) is 5.11. The van der Waals surface area contributed by atoms with Crippen LogP contribution in [-0.4, -0.2) is 24.6 Å². The molecule has 6 heteroatoms. The van der Waals surface area contributed by atoms with E-state index < -0.39 is 0 Å². The Bertz CT molecular complexity index is 476. The molecule has 2 rings (SSSR count). The van der Waals surface area contributed by atoms with E-state index in [0.717, 1.165) is 42.5 Å². The van der Waals surface area contributed by atoms with Crippen LogP contribution in [0.15, 0.2) is 16.7 Å². The zero-order valence-electron chi connectivity index (χ0n) is 11.4. The van der Waals surface area contributed by atoms with Crippen LogP contribution < -0.4 is 5.32 Å². The van der Waals surface area contributed by atoms with Crippen molar-refractivity contribution in [1.29, 1.82) is 0 Å². The van der Waals surface area contributed by atoms with Crippen LogP contribution in [0, 0.1) is 11.8 Å². The topological polar surface area (TPSA) is 51.2 Å². The average Bonchev–Trinajstić information content (AvgIpc) is 2.48. The molecule has 20 heavy (non-hydrogen) atoms. The number of esters is 1. The van der Waals surface area contributed by atoms with Crippen molar-refractivity contribution in [2.75, 3.05) is 19.0 Å². The van der Waals surface area contributed by atoms with Crippen LogP contribution in [0.4, 0.5) is 5.82 Å². The van der Waals surface area contributed by atoms with Gasteiger partial charge in [0.05, 0.1) is 22.5 Å². The number of carbonyl (C=O) groups is 1. The summed E-state index contributed by atoms with van der Waals surface area (Å²) >= 11 is 9.34. The van der Waals surface area contributed by atoms with Gasteiger partial charge < -0.3 is 10.1 Å². The summed E-state index contributed by atoms with van der Waals surface area (Å²) in [6, 6.07) is 1.81. The molecule has 0 radical (unpaired) electrons. The molecule has 1 aliphatic carbocycles. The molecular formula is C14H18BrClN2O2. The number of nitrogens with zero attached hydrogens (tertiary/aromatic N) is 1. The number of anilines is 1. The smallest absolute Gasteiger partial charge is 0.308 e. The van der Waals surface area contributed by atoms with E-state index in [1.165, 1.54) is 7.11 Å². The number of pyridine rings is 1. The van der Waals surface area contributed by atoms with Gasteiger partial charge in [-0.15, -0.1) is 0 Å². The number of ether oxygens (including phenoxy) is 1. The molecule has 1 aromatic rings. The van der Waals surface area contributed by atoms with Gasteiger partial charge in [-0.1, -0.05) is 11.6 Å². The highest BCUT2D eigenvalue weighted by molar-refractivity contribution is 9.10. The summed E-state index contributed by atoms with van der Waals surface area (Å²) in [6.45, 7) is 0.860. The maximum atomic E-state index is 11.5. The lowest BCUT2D eigenvalue weighted by Gasteiger charge is -2.27. The lowest BCUT2D eigenvalue weighted by atomic mass is 9.82. The summed E-state index contributed by atoms with van der Waals surface area (Å²) in [5.74, 6) is 1.36. The van der Waals surface area contributed by atoms with Crippen LogP contribution >= 0.6 is 27.5 Å². The van der Waals surface area contributed by atoms with Crippen molar-refractivity contribution in [2.24, 2.45) is 11.8 Å². The Morgan fingerprint density at radius 2 is 2.20 bits per heavy atom. The summed E-state index contributed by atoms with van der Waals surface area (Å²) in [6.07, 6.45) is 5.59. The van der Waals surface area contributed by atoms with Crippen LogP contribution in [0.3, 0.4) is 0 Å². The molecule has 110 valence electrons. The lowest BCUT2D eigenvalue weighted by Crippen LogP contribution is -2.26. The number of methoxy groups -OCH3 is 1. The third kappa shape index (κ3) is 4.09. The van der Waals surface area contributed by atoms with Crippen molar-refractivity contribution in [3.05, 3.63) is 21.8 Å². The molecule has 0 saturated heterocycles.